The molecule has 144 valence electrons. The van der Waals surface area contributed by atoms with E-state index in [1.165, 1.54) is 0 Å². The van der Waals surface area contributed by atoms with Crippen LogP contribution in [0.15, 0.2) is 4.99 Å². The predicted molar refractivity (Wildman–Crippen MR) is 77.0 cm³/mol. The number of amidine groups is 1. The number of hydrogen-bond acceptors (Lipinski definition) is 12. The highest BCUT2D eigenvalue weighted by Gasteiger charge is 2.65. The topological polar surface area (TPSA) is 205 Å². The maximum absolute atomic E-state index is 10.0. The summed E-state index contributed by atoms with van der Waals surface area (Å²) in [6, 6.07) is -1.48. The number of nitrogens with zero attached hydrogens (tertiary/aromatic N) is 1. The second-order valence-electron chi connectivity index (χ2n) is 6.41. The third-order valence-electron chi connectivity index (χ3n) is 4.95. The van der Waals surface area contributed by atoms with Crippen LogP contribution in [-0.4, -0.2) is 121 Å². The van der Waals surface area contributed by atoms with Crippen LogP contribution in [0, 0.1) is 0 Å². The fourth-order valence-corrected chi connectivity index (χ4v) is 3.39. The highest BCUT2D eigenvalue weighted by molar-refractivity contribution is 5.77. The van der Waals surface area contributed by atoms with Gasteiger partial charge in [-0.05, 0) is 0 Å². The van der Waals surface area contributed by atoms with Gasteiger partial charge in [0, 0.05) is 0 Å². The summed E-state index contributed by atoms with van der Waals surface area (Å²) in [7, 11) is 0. The van der Waals surface area contributed by atoms with E-state index in [1.54, 1.807) is 0 Å². The Labute approximate surface area is 141 Å². The van der Waals surface area contributed by atoms with Crippen LogP contribution in [0.3, 0.4) is 0 Å². The van der Waals surface area contributed by atoms with E-state index in [0.29, 0.717) is 0 Å². The van der Waals surface area contributed by atoms with Gasteiger partial charge in [-0.2, -0.15) is 0 Å². The summed E-state index contributed by atoms with van der Waals surface area (Å²) < 4.78 is 10.6. The molecule has 9 N–H and O–H groups in total. The Morgan fingerprint density at radius 3 is 2.16 bits per heavy atom. The third kappa shape index (κ3) is 2.70. The Balaban J connectivity index is 1.76. The highest BCUT2D eigenvalue weighted by atomic mass is 16.6. The molecular formula is C13H22N2O10. The lowest BCUT2D eigenvalue weighted by Gasteiger charge is -2.40. The molecule has 1 aliphatic carbocycles. The molecule has 0 spiro atoms. The summed E-state index contributed by atoms with van der Waals surface area (Å²) in [5.41, 5.74) is -1.77. The van der Waals surface area contributed by atoms with E-state index in [-0.39, 0.29) is 6.02 Å². The minimum absolute atomic E-state index is 0.312. The van der Waals surface area contributed by atoms with Crippen LogP contribution in [0.4, 0.5) is 0 Å². The van der Waals surface area contributed by atoms with E-state index in [4.69, 9.17) is 14.6 Å². The number of aliphatic hydroxyl groups is 8. The number of rotatable bonds is 3. The van der Waals surface area contributed by atoms with E-state index in [0.717, 1.165) is 0 Å². The van der Waals surface area contributed by atoms with E-state index in [2.05, 4.69) is 10.3 Å². The Morgan fingerprint density at radius 1 is 0.920 bits per heavy atom. The lowest BCUT2D eigenvalue weighted by molar-refractivity contribution is -0.233. The van der Waals surface area contributed by atoms with Gasteiger partial charge in [-0.1, -0.05) is 0 Å². The first-order chi connectivity index (χ1) is 11.8. The molecule has 1 saturated carbocycles. The van der Waals surface area contributed by atoms with Crippen molar-refractivity contribution in [2.45, 2.75) is 60.6 Å². The van der Waals surface area contributed by atoms with Crippen molar-refractivity contribution in [1.82, 2.24) is 5.32 Å². The molecule has 3 aliphatic rings. The zero-order valence-electron chi connectivity index (χ0n) is 13.0. The monoisotopic (exact) mass is 366 g/mol. The molecule has 0 amide bonds. The van der Waals surface area contributed by atoms with Crippen LogP contribution in [0.25, 0.3) is 0 Å². The van der Waals surface area contributed by atoms with Crippen molar-refractivity contribution in [3.63, 3.8) is 0 Å². The van der Waals surface area contributed by atoms with E-state index in [1.807, 2.05) is 0 Å². The van der Waals surface area contributed by atoms with E-state index < -0.39 is 73.8 Å². The van der Waals surface area contributed by atoms with Crippen LogP contribution < -0.4 is 5.32 Å². The number of nitrogens with one attached hydrogen (secondary N) is 1. The average molecular weight is 366 g/mol. The van der Waals surface area contributed by atoms with Crippen molar-refractivity contribution in [3.05, 3.63) is 0 Å². The molecule has 0 aromatic carbocycles. The minimum atomic E-state index is -1.77. The molecule has 2 heterocycles. The van der Waals surface area contributed by atoms with Gasteiger partial charge in [0.1, 0.15) is 48.8 Å². The number of ether oxygens (including phenoxy) is 2. The molecule has 2 aliphatic heterocycles. The normalized spacial score (nSPS) is 52.5. The van der Waals surface area contributed by atoms with Crippen LogP contribution in [0.1, 0.15) is 0 Å². The van der Waals surface area contributed by atoms with Gasteiger partial charge in [0.25, 0.3) is 6.02 Å². The van der Waals surface area contributed by atoms with Crippen molar-refractivity contribution in [2.75, 3.05) is 13.2 Å². The van der Waals surface area contributed by atoms with Gasteiger partial charge < -0.3 is 55.6 Å². The Bertz CT molecular complexity index is 533. The standard InChI is InChI=1S/C13H22N2O10/c16-1-3-4(18)5(19)8(22)11(24-3)15-12-14-9-6(20)7(21)10(23)13(9,2-17)25-12/h3-11,16-23H,1-2H2,(H,14,15)/t3-,4-,5+,6+,7+,8-,9+,10+,11+,13+/m1/s1. The largest absolute Gasteiger partial charge is 0.451 e. The highest BCUT2D eigenvalue weighted by Crippen LogP contribution is 2.40. The third-order valence-corrected chi connectivity index (χ3v) is 4.95. The molecule has 3 rings (SSSR count). The molecular weight excluding hydrogens is 344 g/mol. The molecule has 1 saturated heterocycles. The first-order valence-electron chi connectivity index (χ1n) is 7.75. The smallest absolute Gasteiger partial charge is 0.288 e. The number of aliphatic hydroxyl groups excluding tert-OH is 8. The predicted octanol–water partition coefficient (Wildman–Crippen LogP) is -6.04. The SMILES string of the molecule is OC[C@H]1O[C@H](NC2=N[C@H]3[C@@H](O)[C@H](O)[C@H](O)[C@@]3(CO)O2)[C@H](O)[C@@H](O)[C@@H]1O. The summed E-state index contributed by atoms with van der Waals surface area (Å²) in [6.45, 7) is -1.38. The van der Waals surface area contributed by atoms with Crippen LogP contribution in [-0.2, 0) is 9.47 Å². The molecule has 10 atom stereocenters. The summed E-state index contributed by atoms with van der Waals surface area (Å²) >= 11 is 0. The number of fused-ring (bicyclic) bond motifs is 1. The number of hydrogen-bond donors (Lipinski definition) is 9. The molecule has 0 unspecified atom stereocenters. The Morgan fingerprint density at radius 2 is 1.60 bits per heavy atom. The van der Waals surface area contributed by atoms with Crippen molar-refractivity contribution >= 4 is 6.02 Å². The molecule has 0 aromatic heterocycles. The lowest BCUT2D eigenvalue weighted by Crippen LogP contribution is -2.63. The molecule has 12 heteroatoms. The summed E-state index contributed by atoms with van der Waals surface area (Å²) in [6.07, 6.45) is -11.9. The molecule has 0 bridgehead atoms. The van der Waals surface area contributed by atoms with Gasteiger partial charge in [-0.25, -0.2) is 4.99 Å². The average Bonchev–Trinajstić information content (AvgIpc) is 3.06. The van der Waals surface area contributed by atoms with Gasteiger partial charge in [-0.15, -0.1) is 0 Å². The van der Waals surface area contributed by atoms with E-state index >= 15 is 0 Å². The first kappa shape index (κ1) is 18.7. The molecule has 12 nitrogen and oxygen atoms in total. The second kappa shape index (κ2) is 6.57. The van der Waals surface area contributed by atoms with Gasteiger partial charge in [0.15, 0.2) is 11.8 Å². The van der Waals surface area contributed by atoms with Gasteiger partial charge in [0.05, 0.1) is 13.2 Å². The fraction of sp³-hybridized carbons (Fsp3) is 0.923. The lowest BCUT2D eigenvalue weighted by atomic mass is 9.97. The Hall–Kier alpha value is -1.09. The van der Waals surface area contributed by atoms with E-state index in [9.17, 15) is 35.7 Å². The molecule has 0 aromatic rings. The maximum atomic E-state index is 10.0. The zero-order valence-corrected chi connectivity index (χ0v) is 13.0. The van der Waals surface area contributed by atoms with Gasteiger partial charge in [-0.3, -0.25) is 0 Å². The first-order valence-corrected chi connectivity index (χ1v) is 7.75. The summed E-state index contributed by atoms with van der Waals surface area (Å²) in [4.78, 5) is 3.95. The zero-order chi connectivity index (χ0) is 18.5. The van der Waals surface area contributed by atoms with Crippen LogP contribution >= 0.6 is 0 Å². The minimum Gasteiger partial charge on any atom is -0.451 e. The van der Waals surface area contributed by atoms with Crippen molar-refractivity contribution in [1.29, 1.82) is 0 Å². The molecule has 0 radical (unpaired) electrons. The summed E-state index contributed by atoms with van der Waals surface area (Å²) in [5, 5.41) is 80.4. The Kier molecular flexibility index (Phi) is 4.91. The quantitative estimate of drug-likeness (QED) is 0.230. The molecule has 2 fully saturated rings. The second-order valence-corrected chi connectivity index (χ2v) is 6.41. The van der Waals surface area contributed by atoms with Crippen molar-refractivity contribution in [3.8, 4) is 0 Å². The van der Waals surface area contributed by atoms with Crippen LogP contribution in [0.5, 0.6) is 0 Å². The van der Waals surface area contributed by atoms with Crippen molar-refractivity contribution < 1.29 is 50.3 Å². The maximum Gasteiger partial charge on any atom is 0.288 e. The fourth-order valence-electron chi connectivity index (χ4n) is 3.39. The summed E-state index contributed by atoms with van der Waals surface area (Å²) in [5.74, 6) is 0. The van der Waals surface area contributed by atoms with Gasteiger partial charge >= 0.3 is 0 Å². The van der Waals surface area contributed by atoms with Gasteiger partial charge in [0.2, 0.25) is 0 Å². The molecule has 25 heavy (non-hydrogen) atoms. The van der Waals surface area contributed by atoms with Crippen molar-refractivity contribution in [2.24, 2.45) is 4.99 Å². The van der Waals surface area contributed by atoms with Crippen LogP contribution in [0.2, 0.25) is 0 Å². The number of aliphatic imine (C=N–C) groups is 1.